The first-order chi connectivity index (χ1) is 23.1. The van der Waals surface area contributed by atoms with Crippen LogP contribution in [-0.4, -0.2) is 54.4 Å². The predicted molar refractivity (Wildman–Crippen MR) is 204 cm³/mol. The summed E-state index contributed by atoms with van der Waals surface area (Å²) in [5.41, 5.74) is 7.57. The van der Waals surface area contributed by atoms with E-state index in [0.29, 0.717) is 44.7 Å². The van der Waals surface area contributed by atoms with E-state index in [9.17, 15) is 9.59 Å². The smallest absolute Gasteiger partial charge is 0.251 e. The molecule has 2 aromatic rings. The Kier molecular flexibility index (Phi) is 28.2. The third-order valence-corrected chi connectivity index (χ3v) is 6.82. The Hall–Kier alpha value is -4.61. The first kappa shape index (κ1) is 45.5. The topological polar surface area (TPSA) is 100 Å². The van der Waals surface area contributed by atoms with Gasteiger partial charge >= 0.3 is 0 Å². The minimum Gasteiger partial charge on any atom is -0.369 e. The highest BCUT2D eigenvalue weighted by atomic mass is 16.1. The lowest BCUT2D eigenvalue weighted by Gasteiger charge is -2.34. The van der Waals surface area contributed by atoms with Crippen molar-refractivity contribution < 1.29 is 9.59 Å². The van der Waals surface area contributed by atoms with Crippen LogP contribution in [0.2, 0.25) is 0 Å². The summed E-state index contributed by atoms with van der Waals surface area (Å²) in [6.45, 7) is 33.1. The number of benzene rings is 2. The molecule has 3 N–H and O–H groups in total. The van der Waals surface area contributed by atoms with Crippen LogP contribution in [0.5, 0.6) is 0 Å². The largest absolute Gasteiger partial charge is 0.369 e. The maximum atomic E-state index is 12.5. The van der Waals surface area contributed by atoms with Crippen LogP contribution in [-0.2, 0) is 11.3 Å². The van der Waals surface area contributed by atoms with Crippen LogP contribution in [0.4, 0.5) is 0 Å². The second kappa shape index (κ2) is 29.8. The van der Waals surface area contributed by atoms with Crippen molar-refractivity contribution in [3.8, 4) is 6.07 Å². The van der Waals surface area contributed by atoms with Crippen LogP contribution in [0.3, 0.4) is 0 Å². The third-order valence-electron chi connectivity index (χ3n) is 6.82. The normalized spacial score (nSPS) is 10.7. The Balaban J connectivity index is 0. The zero-order valence-corrected chi connectivity index (χ0v) is 30.7. The molecule has 1 unspecified atom stereocenters. The number of hydrogen-bond acceptors (Lipinski definition) is 6. The summed E-state index contributed by atoms with van der Waals surface area (Å²) in [5, 5.41) is 16.1. The van der Waals surface area contributed by atoms with Gasteiger partial charge in [0.05, 0.1) is 11.6 Å². The average molecular weight is 659 g/mol. The summed E-state index contributed by atoms with van der Waals surface area (Å²) in [6.07, 6.45) is 9.31. The van der Waals surface area contributed by atoms with Gasteiger partial charge in [-0.15, -0.1) is 13.2 Å². The summed E-state index contributed by atoms with van der Waals surface area (Å²) in [5.74, 6) is 0.00946. The minimum absolute atomic E-state index is 0.0626. The quantitative estimate of drug-likeness (QED) is 0.0614. The van der Waals surface area contributed by atoms with Crippen LogP contribution in [0.1, 0.15) is 87.9 Å². The van der Waals surface area contributed by atoms with Gasteiger partial charge in [-0.25, -0.2) is 5.01 Å². The molecule has 0 aliphatic heterocycles. The van der Waals surface area contributed by atoms with Gasteiger partial charge in [0.2, 0.25) is 6.41 Å². The molecule has 2 atom stereocenters. The molecule has 264 valence electrons. The Labute approximate surface area is 292 Å². The summed E-state index contributed by atoms with van der Waals surface area (Å²) in [4.78, 5) is 25.5. The molecule has 0 radical (unpaired) electrons. The number of rotatable bonds is 19. The van der Waals surface area contributed by atoms with Crippen molar-refractivity contribution in [1.82, 2.24) is 26.0 Å². The molecule has 0 bridgehead atoms. The molecular weight excluding hydrogens is 596 g/mol. The fraction of sp³-hybridized carbons (Fsp3) is 0.425. The summed E-state index contributed by atoms with van der Waals surface area (Å²) < 4.78 is 0. The number of hydrogen-bond donors (Lipinski definition) is 3. The van der Waals surface area contributed by atoms with Crippen LogP contribution < -0.4 is 16.1 Å². The molecule has 0 saturated carbocycles. The monoisotopic (exact) mass is 658 g/mol. The van der Waals surface area contributed by atoms with E-state index in [-0.39, 0.29) is 17.9 Å². The molecule has 0 aromatic heterocycles. The fourth-order valence-electron chi connectivity index (χ4n) is 4.04. The van der Waals surface area contributed by atoms with E-state index in [1.807, 2.05) is 81.2 Å². The van der Waals surface area contributed by atoms with E-state index >= 15 is 0 Å². The number of nitrogens with one attached hydrogen (secondary N) is 3. The Morgan fingerprint density at radius 3 is 2.17 bits per heavy atom. The highest BCUT2D eigenvalue weighted by molar-refractivity contribution is 5.94. The van der Waals surface area contributed by atoms with Gasteiger partial charge in [0.25, 0.3) is 5.91 Å². The lowest BCUT2D eigenvalue weighted by molar-refractivity contribution is -0.110. The Morgan fingerprint density at radius 2 is 1.65 bits per heavy atom. The van der Waals surface area contributed by atoms with Gasteiger partial charge < -0.3 is 21.0 Å². The first-order valence-electron chi connectivity index (χ1n) is 16.9. The second-order valence-electron chi connectivity index (χ2n) is 11.0. The molecule has 8 nitrogen and oxygen atoms in total. The van der Waals surface area contributed by atoms with E-state index in [2.05, 4.69) is 74.1 Å². The van der Waals surface area contributed by atoms with Crippen molar-refractivity contribution in [3.05, 3.63) is 121 Å². The highest BCUT2D eigenvalue weighted by Gasteiger charge is 2.20. The summed E-state index contributed by atoms with van der Waals surface area (Å²) in [7, 11) is 0. The van der Waals surface area contributed by atoms with Crippen molar-refractivity contribution in [2.45, 2.75) is 80.3 Å². The van der Waals surface area contributed by atoms with E-state index in [4.69, 9.17) is 5.26 Å². The molecule has 2 aromatic carbocycles. The van der Waals surface area contributed by atoms with Gasteiger partial charge in [-0.05, 0) is 50.1 Å². The number of carbonyl (C=O) groups is 2. The van der Waals surface area contributed by atoms with E-state index in [0.717, 1.165) is 23.2 Å². The third kappa shape index (κ3) is 21.2. The lowest BCUT2D eigenvalue weighted by atomic mass is 10.0. The number of hydrazine groups is 1. The van der Waals surface area contributed by atoms with Gasteiger partial charge in [0.1, 0.15) is 0 Å². The molecule has 0 aliphatic rings. The number of nitrogens with zero attached hydrogens (tertiary/aromatic N) is 3. The van der Waals surface area contributed by atoms with E-state index in [1.165, 1.54) is 18.4 Å². The molecule has 2 rings (SSSR count). The molecule has 0 spiro atoms. The van der Waals surface area contributed by atoms with Crippen LogP contribution in [0.25, 0.3) is 0 Å². The highest BCUT2D eigenvalue weighted by Crippen LogP contribution is 2.19. The number of unbranched alkanes of at least 4 members (excludes halogenated alkanes) is 1. The summed E-state index contributed by atoms with van der Waals surface area (Å²) >= 11 is 0. The van der Waals surface area contributed by atoms with Crippen molar-refractivity contribution in [1.29, 1.82) is 5.26 Å². The molecule has 8 heteroatoms. The maximum absolute atomic E-state index is 12.5. The molecule has 0 aliphatic carbocycles. The van der Waals surface area contributed by atoms with Crippen LogP contribution >= 0.6 is 0 Å². The molecule has 0 fully saturated rings. The number of carbonyl (C=O) groups excluding carboxylic acids is 2. The van der Waals surface area contributed by atoms with Crippen LogP contribution in [0.15, 0.2) is 98.9 Å². The number of aryl methyl sites for hydroxylation is 1. The minimum atomic E-state index is -0.107. The van der Waals surface area contributed by atoms with E-state index < -0.39 is 0 Å². The van der Waals surface area contributed by atoms with Crippen molar-refractivity contribution in [2.24, 2.45) is 5.92 Å². The number of nitriles is 1. The zero-order valence-electron chi connectivity index (χ0n) is 30.7. The zero-order chi connectivity index (χ0) is 36.7. The molecule has 2 amide bonds. The van der Waals surface area contributed by atoms with Gasteiger partial charge in [0.15, 0.2) is 0 Å². The fourth-order valence-corrected chi connectivity index (χ4v) is 4.04. The van der Waals surface area contributed by atoms with Crippen molar-refractivity contribution in [3.63, 3.8) is 0 Å². The average Bonchev–Trinajstić information content (AvgIpc) is 3.09. The molecular formula is C40H62N6O2. The van der Waals surface area contributed by atoms with Gasteiger partial charge in [-0.1, -0.05) is 103 Å². The molecule has 0 heterocycles. The Morgan fingerprint density at radius 1 is 1.00 bits per heavy atom. The first-order valence-corrected chi connectivity index (χ1v) is 16.9. The standard InChI is InChI=1S/C26H39N5O2.C8H7N.C4H10.C2H6/c1-7-10-14-27-26(33)25-13-11-12-24(16-25)19-30(18-22(5)28-20-32)23(6)21(4)17-31(15-8-2)29-9-3;1-7-2-4-8(6-9)5-3-7;1-3-4-2;1-2/h7-9,11-13,16,20-22,29H,1-3,6,10,14-15,17-19H2,4-5H3,(H,27,33)(H,28,32);2-5H,1H3;3-4H2,1-2H3;1-2H3/t21-,22?;;;/m1.../s1. The van der Waals surface area contributed by atoms with Gasteiger partial charge in [-0.2, -0.15) is 5.26 Å². The van der Waals surface area contributed by atoms with Crippen molar-refractivity contribution >= 4 is 12.3 Å². The maximum Gasteiger partial charge on any atom is 0.251 e. The van der Waals surface area contributed by atoms with Gasteiger partial charge in [-0.3, -0.25) is 9.59 Å². The molecule has 48 heavy (non-hydrogen) atoms. The van der Waals surface area contributed by atoms with Crippen LogP contribution in [0, 0.1) is 24.2 Å². The van der Waals surface area contributed by atoms with E-state index in [1.54, 1.807) is 18.3 Å². The predicted octanol–water partition coefficient (Wildman–Crippen LogP) is 7.91. The van der Waals surface area contributed by atoms with Crippen molar-refractivity contribution in [2.75, 3.05) is 26.2 Å². The SMILES string of the molecule is C=CCCNC(=O)c1cccc(CN(CC(C)NC=O)C(=C)[C@H](C)CN(CC=C)NC=C)c1.CC.CCCC.Cc1ccc(C#N)cc1. The Bertz CT molecular complexity index is 1220. The van der Waals surface area contributed by atoms with Gasteiger partial charge in [0, 0.05) is 62.1 Å². The second-order valence-corrected chi connectivity index (χ2v) is 11.0. The number of amides is 2. The molecule has 0 saturated heterocycles. The summed E-state index contributed by atoms with van der Waals surface area (Å²) in [6, 6.07) is 17.1. The lowest BCUT2D eigenvalue weighted by Crippen LogP contribution is -2.42.